The fraction of sp³-hybridized carbons (Fsp3) is 0.520. The molecule has 1 heterocycles. The third kappa shape index (κ3) is 3.09. The van der Waals surface area contributed by atoms with Crippen molar-refractivity contribution in [3.8, 4) is 5.75 Å². The molecule has 7 nitrogen and oxygen atoms in total. The molecule has 0 unspecified atom stereocenters. The number of ether oxygens (including phenoxy) is 2. The molecule has 7 heteroatoms. The average Bonchev–Trinajstić information content (AvgIpc) is 3.58. The summed E-state index contributed by atoms with van der Waals surface area (Å²) in [6, 6.07) is 5.48. The third-order valence-corrected chi connectivity index (χ3v) is 7.61. The van der Waals surface area contributed by atoms with Crippen LogP contribution in [0.15, 0.2) is 36.4 Å². The van der Waals surface area contributed by atoms with Crippen LogP contribution in [0, 0.1) is 41.4 Å². The molecule has 1 aromatic carbocycles. The molecule has 6 rings (SSSR count). The summed E-state index contributed by atoms with van der Waals surface area (Å²) in [5, 5.41) is 0. The van der Waals surface area contributed by atoms with E-state index in [0.717, 1.165) is 11.3 Å². The maximum atomic E-state index is 13.4. The molecule has 7 atom stereocenters. The number of amides is 2. The van der Waals surface area contributed by atoms with Crippen molar-refractivity contribution in [2.75, 3.05) is 13.7 Å². The third-order valence-electron chi connectivity index (χ3n) is 7.61. The molecule has 0 radical (unpaired) electrons. The van der Waals surface area contributed by atoms with Gasteiger partial charge in [0.05, 0.1) is 18.9 Å². The zero-order valence-corrected chi connectivity index (χ0v) is 18.4. The average molecular weight is 437 g/mol. The van der Waals surface area contributed by atoms with E-state index >= 15 is 0 Å². The molecular formula is C25H27NO6. The van der Waals surface area contributed by atoms with Crippen molar-refractivity contribution in [1.82, 2.24) is 4.90 Å². The maximum Gasteiger partial charge on any atom is 0.330 e. The lowest BCUT2D eigenvalue weighted by atomic mass is 9.63. The number of esters is 1. The lowest BCUT2D eigenvalue weighted by Crippen LogP contribution is -2.49. The zero-order valence-electron chi connectivity index (χ0n) is 18.4. The number of hydrogen-bond donors (Lipinski definition) is 0. The Morgan fingerprint density at radius 1 is 1.00 bits per heavy atom. The topological polar surface area (TPSA) is 90.0 Å². The number of imide groups is 1. The molecule has 0 aromatic heterocycles. The van der Waals surface area contributed by atoms with Gasteiger partial charge >= 0.3 is 5.97 Å². The van der Waals surface area contributed by atoms with Crippen LogP contribution in [0.4, 0.5) is 0 Å². The van der Waals surface area contributed by atoms with Gasteiger partial charge in [0.1, 0.15) is 11.8 Å². The molecule has 32 heavy (non-hydrogen) atoms. The lowest BCUT2D eigenvalue weighted by Gasteiger charge is -2.37. The Labute approximate surface area is 186 Å². The molecule has 3 fully saturated rings. The van der Waals surface area contributed by atoms with E-state index in [1.165, 1.54) is 7.11 Å². The van der Waals surface area contributed by atoms with Crippen LogP contribution in [0.25, 0.3) is 0 Å². The van der Waals surface area contributed by atoms with Crippen molar-refractivity contribution < 1.29 is 28.7 Å². The second-order valence-corrected chi connectivity index (χ2v) is 9.65. The highest BCUT2D eigenvalue weighted by Crippen LogP contribution is 2.65. The summed E-state index contributed by atoms with van der Waals surface area (Å²) < 4.78 is 10.4. The highest BCUT2D eigenvalue weighted by atomic mass is 16.5. The van der Waals surface area contributed by atoms with Gasteiger partial charge in [-0.25, -0.2) is 4.79 Å². The normalized spacial score (nSPS) is 32.6. The summed E-state index contributed by atoms with van der Waals surface area (Å²) in [6.45, 7) is 3.11. The van der Waals surface area contributed by atoms with Crippen molar-refractivity contribution >= 4 is 23.6 Å². The fourth-order valence-corrected chi connectivity index (χ4v) is 6.01. The van der Waals surface area contributed by atoms with Crippen LogP contribution in [-0.4, -0.2) is 48.2 Å². The SMILES string of the molecule is COc1ccc(C(=O)COC(=O)[C@H](C(C)C)N2C(=O)[C@H]3[C@@H]4C=C[C@H]([C@H]5C[C@H]45)[C@@H]3C2=O)cc1. The van der Waals surface area contributed by atoms with Crippen molar-refractivity contribution in [2.45, 2.75) is 26.3 Å². The van der Waals surface area contributed by atoms with Crippen LogP contribution in [0.2, 0.25) is 0 Å². The summed E-state index contributed by atoms with van der Waals surface area (Å²) in [4.78, 5) is 53.3. The van der Waals surface area contributed by atoms with Crippen LogP contribution < -0.4 is 4.74 Å². The predicted molar refractivity (Wildman–Crippen MR) is 113 cm³/mol. The molecule has 1 aromatic rings. The summed E-state index contributed by atoms with van der Waals surface area (Å²) in [7, 11) is 1.53. The largest absolute Gasteiger partial charge is 0.497 e. The Morgan fingerprint density at radius 2 is 1.56 bits per heavy atom. The van der Waals surface area contributed by atoms with Gasteiger partial charge in [-0.1, -0.05) is 26.0 Å². The number of hydrogen-bond acceptors (Lipinski definition) is 6. The number of carbonyl (C=O) groups is 4. The zero-order chi connectivity index (χ0) is 22.7. The number of nitrogens with zero attached hydrogens (tertiary/aromatic N) is 1. The fourth-order valence-electron chi connectivity index (χ4n) is 6.01. The molecule has 2 bridgehead atoms. The number of rotatable bonds is 7. The van der Waals surface area contributed by atoms with E-state index < -0.39 is 18.6 Å². The molecule has 0 spiro atoms. The van der Waals surface area contributed by atoms with Gasteiger partial charge in [0.2, 0.25) is 11.8 Å². The number of methoxy groups -OCH3 is 1. The molecule has 5 aliphatic rings. The highest BCUT2D eigenvalue weighted by Gasteiger charge is 2.68. The van der Waals surface area contributed by atoms with Crippen LogP contribution >= 0.6 is 0 Å². The van der Waals surface area contributed by atoms with E-state index in [4.69, 9.17) is 9.47 Å². The van der Waals surface area contributed by atoms with Gasteiger partial charge in [0.15, 0.2) is 12.4 Å². The van der Waals surface area contributed by atoms with Crippen LogP contribution in [0.3, 0.4) is 0 Å². The number of Topliss-reactive ketones (excluding diaryl/α,β-unsaturated/α-hetero) is 1. The highest BCUT2D eigenvalue weighted by molar-refractivity contribution is 6.09. The van der Waals surface area contributed by atoms with Crippen molar-refractivity contribution in [3.63, 3.8) is 0 Å². The minimum atomic E-state index is -1.03. The molecule has 0 N–H and O–H groups in total. The van der Waals surface area contributed by atoms with Gasteiger partial charge in [-0.15, -0.1) is 0 Å². The second kappa shape index (κ2) is 7.57. The predicted octanol–water partition coefficient (Wildman–Crippen LogP) is 2.50. The first kappa shape index (κ1) is 20.9. The maximum absolute atomic E-state index is 13.4. The van der Waals surface area contributed by atoms with Crippen LogP contribution in [0.5, 0.6) is 5.75 Å². The Hall–Kier alpha value is -2.96. The molecule has 4 aliphatic carbocycles. The molecular weight excluding hydrogens is 410 g/mol. The monoisotopic (exact) mass is 437 g/mol. The van der Waals surface area contributed by atoms with E-state index in [1.807, 2.05) is 0 Å². The van der Waals surface area contributed by atoms with Gasteiger partial charge in [0.25, 0.3) is 0 Å². The van der Waals surface area contributed by atoms with Gasteiger partial charge in [0, 0.05) is 5.56 Å². The second-order valence-electron chi connectivity index (χ2n) is 9.65. The quantitative estimate of drug-likeness (QED) is 0.282. The lowest BCUT2D eigenvalue weighted by molar-refractivity contribution is -0.160. The van der Waals surface area contributed by atoms with Crippen molar-refractivity contribution in [2.24, 2.45) is 41.4 Å². The van der Waals surface area contributed by atoms with E-state index in [1.54, 1.807) is 38.1 Å². The minimum Gasteiger partial charge on any atom is -0.497 e. The molecule has 2 saturated carbocycles. The Balaban J connectivity index is 1.30. The first-order valence-electron chi connectivity index (χ1n) is 11.2. The first-order valence-corrected chi connectivity index (χ1v) is 11.2. The summed E-state index contributed by atoms with van der Waals surface area (Å²) in [5.41, 5.74) is 0.390. The molecule has 2 amide bonds. The molecule has 168 valence electrons. The van der Waals surface area contributed by atoms with Crippen molar-refractivity contribution in [3.05, 3.63) is 42.0 Å². The number of likely N-dealkylation sites (tertiary alicyclic amines) is 1. The molecule has 1 saturated heterocycles. The van der Waals surface area contributed by atoms with E-state index in [9.17, 15) is 19.2 Å². The van der Waals surface area contributed by atoms with Crippen molar-refractivity contribution in [1.29, 1.82) is 0 Å². The number of benzene rings is 1. The summed E-state index contributed by atoms with van der Waals surface area (Å²) >= 11 is 0. The summed E-state index contributed by atoms with van der Waals surface area (Å²) in [6.07, 6.45) is 5.29. The standard InChI is InChI=1S/C25H27NO6/c1-12(2)22(25(30)32-11-19(27)13-4-6-14(31-3)7-5-13)26-23(28)20-15-8-9-16(18-10-17(15)18)21(20)24(26)29/h4-9,12,15-18,20-22H,10-11H2,1-3H3/t15-,16-,17-,18-,20+,21+,22+/m1/s1. The Bertz CT molecular complexity index is 976. The number of allylic oxidation sites excluding steroid dienone is 2. The van der Waals surface area contributed by atoms with Crippen LogP contribution in [0.1, 0.15) is 30.6 Å². The summed E-state index contributed by atoms with van der Waals surface area (Å²) in [5.74, 6) is -0.862. The Morgan fingerprint density at radius 3 is 2.06 bits per heavy atom. The van der Waals surface area contributed by atoms with E-state index in [-0.39, 0.29) is 47.2 Å². The Kier molecular flexibility index (Phi) is 4.95. The van der Waals surface area contributed by atoms with Gasteiger partial charge in [-0.2, -0.15) is 0 Å². The van der Waals surface area contributed by atoms with Gasteiger partial charge in [-0.3, -0.25) is 19.3 Å². The molecule has 1 aliphatic heterocycles. The van der Waals surface area contributed by atoms with E-state index in [0.29, 0.717) is 23.1 Å². The van der Waals surface area contributed by atoms with E-state index in [2.05, 4.69) is 12.2 Å². The van der Waals surface area contributed by atoms with Gasteiger partial charge < -0.3 is 9.47 Å². The first-order chi connectivity index (χ1) is 15.3. The smallest absolute Gasteiger partial charge is 0.330 e. The number of ketones is 1. The van der Waals surface area contributed by atoms with Crippen LogP contribution in [-0.2, 0) is 19.1 Å². The van der Waals surface area contributed by atoms with Gasteiger partial charge in [-0.05, 0) is 60.3 Å². The number of carbonyl (C=O) groups excluding carboxylic acids is 4. The minimum absolute atomic E-state index is 0.0944.